The first-order valence-corrected chi connectivity index (χ1v) is 8.15. The minimum absolute atomic E-state index is 0. The van der Waals surface area contributed by atoms with Crippen LogP contribution < -0.4 is 5.32 Å². The Morgan fingerprint density at radius 1 is 1.33 bits per heavy atom. The molecule has 0 bridgehead atoms. The predicted molar refractivity (Wildman–Crippen MR) is 114 cm³/mol. The van der Waals surface area contributed by atoms with E-state index in [1.807, 2.05) is 38.0 Å². The Labute approximate surface area is 166 Å². The van der Waals surface area contributed by atoms with Crippen molar-refractivity contribution in [3.63, 3.8) is 0 Å². The molecular formula is C18H26ClIN4. The fraction of sp³-hybridized carbons (Fsp3) is 0.389. The maximum absolute atomic E-state index is 6.04. The van der Waals surface area contributed by atoms with Gasteiger partial charge in [-0.15, -0.1) is 24.0 Å². The zero-order chi connectivity index (χ0) is 16.8. The minimum atomic E-state index is 0. The molecule has 0 amide bonds. The second-order valence-electron chi connectivity index (χ2n) is 5.83. The van der Waals surface area contributed by atoms with Gasteiger partial charge in [-0.3, -0.25) is 4.99 Å². The highest BCUT2D eigenvalue weighted by Crippen LogP contribution is 2.14. The number of aryl methyl sites for hydroxylation is 2. The summed E-state index contributed by atoms with van der Waals surface area (Å²) in [5.74, 6) is 0.884. The first-order chi connectivity index (χ1) is 11.0. The average molecular weight is 461 g/mol. The number of hydrogen-bond donors (Lipinski definition) is 1. The van der Waals surface area contributed by atoms with Gasteiger partial charge >= 0.3 is 0 Å². The third kappa shape index (κ3) is 6.02. The highest BCUT2D eigenvalue weighted by atomic mass is 127. The smallest absolute Gasteiger partial charge is 0.193 e. The van der Waals surface area contributed by atoms with Gasteiger partial charge in [-0.05, 0) is 25.0 Å². The molecule has 0 radical (unpaired) electrons. The molecule has 1 N–H and O–H groups in total. The van der Waals surface area contributed by atoms with Crippen LogP contribution in [-0.2, 0) is 20.0 Å². The van der Waals surface area contributed by atoms with Crippen LogP contribution in [0, 0.1) is 6.92 Å². The molecule has 0 aliphatic rings. The van der Waals surface area contributed by atoms with Crippen LogP contribution in [0.3, 0.4) is 0 Å². The molecule has 4 nitrogen and oxygen atoms in total. The molecule has 0 aliphatic carbocycles. The second kappa shape index (κ2) is 9.93. The average Bonchev–Trinajstić information content (AvgIpc) is 2.81. The van der Waals surface area contributed by atoms with Gasteiger partial charge in [0.05, 0.1) is 11.6 Å². The number of halogens is 2. The number of nitrogens with one attached hydrogen (secondary N) is 1. The van der Waals surface area contributed by atoms with Gasteiger partial charge in [-0.25, -0.2) is 0 Å². The molecule has 0 spiro atoms. The summed E-state index contributed by atoms with van der Waals surface area (Å²) < 4.78 is 2.04. The van der Waals surface area contributed by atoms with Crippen LogP contribution in [0.15, 0.2) is 41.5 Å². The van der Waals surface area contributed by atoms with E-state index in [0.29, 0.717) is 0 Å². The standard InChI is InChI=1S/C18H25ClN4.HI/c1-14-6-5-7-15(10-14)8-9-21-18(20-2)23(4)13-17-11-16(19)12-22(17)3;/h5-7,10-12H,8-9,13H2,1-4H3,(H,20,21);1H. The number of rotatable bonds is 5. The van der Waals surface area contributed by atoms with E-state index in [4.69, 9.17) is 11.6 Å². The van der Waals surface area contributed by atoms with E-state index in [0.717, 1.165) is 36.2 Å². The summed E-state index contributed by atoms with van der Waals surface area (Å²) in [5.41, 5.74) is 3.79. The Balaban J connectivity index is 0.00000288. The maximum atomic E-state index is 6.04. The van der Waals surface area contributed by atoms with E-state index in [-0.39, 0.29) is 24.0 Å². The molecule has 0 unspecified atom stereocenters. The zero-order valence-corrected chi connectivity index (χ0v) is 17.8. The van der Waals surface area contributed by atoms with Gasteiger partial charge in [-0.2, -0.15) is 0 Å². The monoisotopic (exact) mass is 460 g/mol. The minimum Gasteiger partial charge on any atom is -0.356 e. The molecule has 24 heavy (non-hydrogen) atoms. The van der Waals surface area contributed by atoms with Gasteiger partial charge in [0, 0.05) is 39.6 Å². The van der Waals surface area contributed by atoms with Gasteiger partial charge in [-0.1, -0.05) is 41.4 Å². The summed E-state index contributed by atoms with van der Waals surface area (Å²) >= 11 is 6.04. The fourth-order valence-corrected chi connectivity index (χ4v) is 2.88. The van der Waals surface area contributed by atoms with E-state index in [2.05, 4.69) is 46.4 Å². The summed E-state index contributed by atoms with van der Waals surface area (Å²) in [7, 11) is 5.84. The second-order valence-corrected chi connectivity index (χ2v) is 6.27. The van der Waals surface area contributed by atoms with Gasteiger partial charge in [0.15, 0.2) is 5.96 Å². The lowest BCUT2D eigenvalue weighted by molar-refractivity contribution is 0.462. The Kier molecular flexibility index (Phi) is 8.62. The van der Waals surface area contributed by atoms with Crippen LogP contribution in [0.5, 0.6) is 0 Å². The summed E-state index contributed by atoms with van der Waals surface area (Å²) in [6.45, 7) is 3.73. The van der Waals surface area contributed by atoms with Crippen LogP contribution in [0.2, 0.25) is 5.02 Å². The van der Waals surface area contributed by atoms with Gasteiger partial charge in [0.25, 0.3) is 0 Å². The Morgan fingerprint density at radius 3 is 2.67 bits per heavy atom. The summed E-state index contributed by atoms with van der Waals surface area (Å²) in [4.78, 5) is 6.46. The zero-order valence-electron chi connectivity index (χ0n) is 14.7. The molecule has 0 saturated carbocycles. The quantitative estimate of drug-likeness (QED) is 0.418. The van der Waals surface area contributed by atoms with E-state index >= 15 is 0 Å². The lowest BCUT2D eigenvalue weighted by Crippen LogP contribution is -2.39. The van der Waals surface area contributed by atoms with Crippen molar-refractivity contribution in [2.45, 2.75) is 19.9 Å². The molecule has 1 aromatic heterocycles. The third-order valence-electron chi connectivity index (χ3n) is 3.83. The van der Waals surface area contributed by atoms with Crippen LogP contribution in [0.4, 0.5) is 0 Å². The molecule has 6 heteroatoms. The number of hydrogen-bond acceptors (Lipinski definition) is 1. The highest BCUT2D eigenvalue weighted by Gasteiger charge is 2.09. The summed E-state index contributed by atoms with van der Waals surface area (Å²) in [6, 6.07) is 10.6. The summed E-state index contributed by atoms with van der Waals surface area (Å²) in [6.07, 6.45) is 2.89. The van der Waals surface area contributed by atoms with Crippen molar-refractivity contribution in [2.75, 3.05) is 20.6 Å². The van der Waals surface area contributed by atoms with Crippen molar-refractivity contribution in [1.29, 1.82) is 0 Å². The Morgan fingerprint density at radius 2 is 2.08 bits per heavy atom. The molecule has 0 aliphatic heterocycles. The molecule has 2 rings (SSSR count). The van der Waals surface area contributed by atoms with E-state index in [9.17, 15) is 0 Å². The molecule has 2 aromatic rings. The molecule has 1 aromatic carbocycles. The van der Waals surface area contributed by atoms with Crippen molar-refractivity contribution >= 4 is 41.5 Å². The van der Waals surface area contributed by atoms with Crippen LogP contribution in [0.25, 0.3) is 0 Å². The number of aromatic nitrogens is 1. The Bertz CT molecular complexity index is 681. The van der Waals surface area contributed by atoms with Crippen LogP contribution in [0.1, 0.15) is 16.8 Å². The van der Waals surface area contributed by atoms with E-state index < -0.39 is 0 Å². The third-order valence-corrected chi connectivity index (χ3v) is 4.03. The van der Waals surface area contributed by atoms with Crippen LogP contribution >= 0.6 is 35.6 Å². The molecule has 0 atom stereocenters. The lowest BCUT2D eigenvalue weighted by atomic mass is 10.1. The van der Waals surface area contributed by atoms with Crippen molar-refractivity contribution in [3.05, 3.63) is 58.4 Å². The van der Waals surface area contributed by atoms with Crippen molar-refractivity contribution in [2.24, 2.45) is 12.0 Å². The lowest BCUT2D eigenvalue weighted by Gasteiger charge is -2.22. The normalized spacial score (nSPS) is 11.1. The van der Waals surface area contributed by atoms with Crippen LogP contribution in [-0.4, -0.2) is 36.1 Å². The van der Waals surface area contributed by atoms with Crippen molar-refractivity contribution in [3.8, 4) is 0 Å². The topological polar surface area (TPSA) is 32.6 Å². The van der Waals surface area contributed by atoms with Crippen molar-refractivity contribution < 1.29 is 0 Å². The Hall–Kier alpha value is -1.21. The highest BCUT2D eigenvalue weighted by molar-refractivity contribution is 14.0. The number of nitrogens with zero attached hydrogens (tertiary/aromatic N) is 3. The van der Waals surface area contributed by atoms with Gasteiger partial charge < -0.3 is 14.8 Å². The van der Waals surface area contributed by atoms with Crippen molar-refractivity contribution in [1.82, 2.24) is 14.8 Å². The van der Waals surface area contributed by atoms with E-state index in [1.165, 1.54) is 11.1 Å². The maximum Gasteiger partial charge on any atom is 0.193 e. The van der Waals surface area contributed by atoms with Gasteiger partial charge in [0.1, 0.15) is 0 Å². The number of guanidine groups is 1. The fourth-order valence-electron chi connectivity index (χ4n) is 2.61. The first-order valence-electron chi connectivity index (χ1n) is 7.77. The largest absolute Gasteiger partial charge is 0.356 e. The molecule has 0 saturated heterocycles. The van der Waals surface area contributed by atoms with E-state index in [1.54, 1.807) is 0 Å². The SMILES string of the molecule is CN=C(NCCc1cccc(C)c1)N(C)Cc1cc(Cl)cn1C.I. The number of benzene rings is 1. The number of aliphatic imine (C=N–C) groups is 1. The van der Waals surface area contributed by atoms with Gasteiger partial charge in [0.2, 0.25) is 0 Å². The predicted octanol–water partition coefficient (Wildman–Crippen LogP) is 3.85. The molecule has 1 heterocycles. The molecular weight excluding hydrogens is 435 g/mol. The first kappa shape index (κ1) is 20.8. The summed E-state index contributed by atoms with van der Waals surface area (Å²) in [5, 5.41) is 4.18. The molecule has 132 valence electrons. The molecule has 0 fully saturated rings.